The summed E-state index contributed by atoms with van der Waals surface area (Å²) in [6.45, 7) is 4.06. The molecule has 1 aliphatic rings. The zero-order chi connectivity index (χ0) is 20.4. The maximum Gasteiger partial charge on any atom is 0.240 e. The molecule has 3 rings (SSSR count). The Labute approximate surface area is 166 Å². The van der Waals surface area contributed by atoms with Gasteiger partial charge in [-0.15, -0.1) is 0 Å². The van der Waals surface area contributed by atoms with Crippen molar-refractivity contribution < 1.29 is 21.6 Å². The van der Waals surface area contributed by atoms with Crippen molar-refractivity contribution in [1.29, 1.82) is 0 Å². The van der Waals surface area contributed by atoms with Crippen molar-refractivity contribution >= 4 is 20.0 Å². The smallest absolute Gasteiger partial charge is 0.240 e. The normalized spacial score (nSPS) is 14.1. The summed E-state index contributed by atoms with van der Waals surface area (Å²) in [5.41, 5.74) is 2.04. The fourth-order valence-electron chi connectivity index (χ4n) is 3.06. The van der Waals surface area contributed by atoms with Crippen LogP contribution in [0.3, 0.4) is 0 Å². The highest BCUT2D eigenvalue weighted by Crippen LogP contribution is 2.27. The van der Waals surface area contributed by atoms with Gasteiger partial charge in [0.1, 0.15) is 5.75 Å². The molecule has 0 atom stereocenters. The Morgan fingerprint density at radius 1 is 1.04 bits per heavy atom. The SMILES string of the molecule is CC(C)NS(=O)(=O)Cc1ccccc1CNS(=O)(=O)c1ccc2c(c1)CCO2. The molecule has 0 spiro atoms. The van der Waals surface area contributed by atoms with Gasteiger partial charge in [-0.1, -0.05) is 24.3 Å². The average Bonchev–Trinajstić information content (AvgIpc) is 3.07. The van der Waals surface area contributed by atoms with E-state index in [1.54, 1.807) is 50.2 Å². The topological polar surface area (TPSA) is 102 Å². The van der Waals surface area contributed by atoms with E-state index in [0.717, 1.165) is 5.56 Å². The molecule has 28 heavy (non-hydrogen) atoms. The third-order valence-corrected chi connectivity index (χ3v) is 7.22. The molecule has 0 amide bonds. The second kappa shape index (κ2) is 8.20. The van der Waals surface area contributed by atoms with E-state index in [1.165, 1.54) is 6.07 Å². The number of ether oxygens (including phenoxy) is 1. The van der Waals surface area contributed by atoms with E-state index in [1.807, 2.05) is 0 Å². The van der Waals surface area contributed by atoms with Crippen LogP contribution in [0.1, 0.15) is 30.5 Å². The minimum absolute atomic E-state index is 0.00326. The van der Waals surface area contributed by atoms with E-state index >= 15 is 0 Å². The van der Waals surface area contributed by atoms with E-state index in [2.05, 4.69) is 9.44 Å². The molecule has 1 heterocycles. The summed E-state index contributed by atoms with van der Waals surface area (Å²) in [4.78, 5) is 0.170. The quantitative estimate of drug-likeness (QED) is 0.674. The zero-order valence-corrected chi connectivity index (χ0v) is 17.4. The Bertz CT molecular complexity index is 1060. The van der Waals surface area contributed by atoms with Gasteiger partial charge in [0.15, 0.2) is 0 Å². The average molecular weight is 425 g/mol. The van der Waals surface area contributed by atoms with Crippen molar-refractivity contribution in [2.24, 2.45) is 0 Å². The lowest BCUT2D eigenvalue weighted by atomic mass is 10.1. The fourth-order valence-corrected chi connectivity index (χ4v) is 5.61. The highest BCUT2D eigenvalue weighted by Gasteiger charge is 2.20. The summed E-state index contributed by atoms with van der Waals surface area (Å²) in [5.74, 6) is 0.506. The molecule has 2 aromatic rings. The van der Waals surface area contributed by atoms with Crippen LogP contribution in [0.15, 0.2) is 47.4 Å². The Morgan fingerprint density at radius 3 is 2.46 bits per heavy atom. The van der Waals surface area contributed by atoms with Crippen molar-refractivity contribution in [2.45, 2.75) is 43.5 Å². The second-order valence-corrected chi connectivity index (χ2v) is 10.5. The Balaban J connectivity index is 1.76. The minimum Gasteiger partial charge on any atom is -0.493 e. The summed E-state index contributed by atoms with van der Waals surface area (Å²) in [7, 11) is -7.24. The van der Waals surface area contributed by atoms with Crippen molar-refractivity contribution in [3.63, 3.8) is 0 Å². The Kier molecular flexibility index (Phi) is 6.09. The second-order valence-electron chi connectivity index (χ2n) is 6.99. The monoisotopic (exact) mass is 424 g/mol. The molecule has 152 valence electrons. The van der Waals surface area contributed by atoms with Crippen molar-refractivity contribution in [3.05, 3.63) is 59.2 Å². The van der Waals surface area contributed by atoms with Gasteiger partial charge in [0.05, 0.1) is 17.3 Å². The summed E-state index contributed by atoms with van der Waals surface area (Å²) in [6, 6.07) is 11.5. The van der Waals surface area contributed by atoms with Gasteiger partial charge in [-0.25, -0.2) is 26.3 Å². The lowest BCUT2D eigenvalue weighted by Crippen LogP contribution is -2.32. The van der Waals surface area contributed by atoms with Crippen LogP contribution in [0.25, 0.3) is 0 Å². The first-order valence-corrected chi connectivity index (χ1v) is 12.1. The van der Waals surface area contributed by atoms with Gasteiger partial charge in [-0.05, 0) is 48.7 Å². The highest BCUT2D eigenvalue weighted by molar-refractivity contribution is 7.89. The van der Waals surface area contributed by atoms with Gasteiger partial charge < -0.3 is 4.74 Å². The lowest BCUT2D eigenvalue weighted by molar-refractivity contribution is 0.356. The molecular weight excluding hydrogens is 400 g/mol. The molecule has 2 aromatic carbocycles. The summed E-state index contributed by atoms with van der Waals surface area (Å²) >= 11 is 0. The number of benzene rings is 2. The van der Waals surface area contributed by atoms with E-state index in [0.29, 0.717) is 29.9 Å². The Morgan fingerprint density at radius 2 is 1.75 bits per heavy atom. The molecule has 7 nitrogen and oxygen atoms in total. The first kappa shape index (κ1) is 20.8. The molecule has 2 N–H and O–H groups in total. The minimum atomic E-state index is -3.73. The van der Waals surface area contributed by atoms with Crippen molar-refractivity contribution in [2.75, 3.05) is 6.61 Å². The van der Waals surface area contributed by atoms with Crippen LogP contribution in [0, 0.1) is 0 Å². The molecule has 0 bridgehead atoms. The number of hydrogen-bond donors (Lipinski definition) is 2. The van der Waals surface area contributed by atoms with Gasteiger partial charge in [-0.2, -0.15) is 0 Å². The van der Waals surface area contributed by atoms with E-state index < -0.39 is 20.0 Å². The van der Waals surface area contributed by atoms with Crippen LogP contribution < -0.4 is 14.2 Å². The number of fused-ring (bicyclic) bond motifs is 1. The number of hydrogen-bond acceptors (Lipinski definition) is 5. The molecule has 0 radical (unpaired) electrons. The summed E-state index contributed by atoms with van der Waals surface area (Å²) < 4.78 is 60.3. The van der Waals surface area contributed by atoms with Crippen LogP contribution in [0.5, 0.6) is 5.75 Å². The van der Waals surface area contributed by atoms with E-state index in [9.17, 15) is 16.8 Å². The maximum atomic E-state index is 12.7. The molecule has 0 fully saturated rings. The highest BCUT2D eigenvalue weighted by atomic mass is 32.2. The van der Waals surface area contributed by atoms with Crippen LogP contribution >= 0.6 is 0 Å². The molecule has 0 saturated carbocycles. The van der Waals surface area contributed by atoms with Gasteiger partial charge in [0, 0.05) is 19.0 Å². The van der Waals surface area contributed by atoms with Gasteiger partial charge in [0.2, 0.25) is 20.0 Å². The molecule has 9 heteroatoms. The molecule has 0 unspecified atom stereocenters. The van der Waals surface area contributed by atoms with E-state index in [4.69, 9.17) is 4.74 Å². The van der Waals surface area contributed by atoms with Crippen LogP contribution in [0.4, 0.5) is 0 Å². The van der Waals surface area contributed by atoms with E-state index in [-0.39, 0.29) is 23.2 Å². The third-order valence-electron chi connectivity index (χ3n) is 4.30. The third kappa shape index (κ3) is 5.11. The number of nitrogens with one attached hydrogen (secondary N) is 2. The molecule has 1 aliphatic heterocycles. The lowest BCUT2D eigenvalue weighted by Gasteiger charge is -2.14. The zero-order valence-electron chi connectivity index (χ0n) is 15.8. The molecule has 0 saturated heterocycles. The van der Waals surface area contributed by atoms with Crippen molar-refractivity contribution in [1.82, 2.24) is 9.44 Å². The van der Waals surface area contributed by atoms with Crippen LogP contribution in [0.2, 0.25) is 0 Å². The first-order chi connectivity index (χ1) is 13.2. The standard InChI is InChI=1S/C19H24N2O5S2/c1-14(2)21-27(22,23)13-17-6-4-3-5-16(17)12-20-28(24,25)18-7-8-19-15(11-18)9-10-26-19/h3-8,11,14,20-21H,9-10,12-13H2,1-2H3. The summed E-state index contributed by atoms with van der Waals surface area (Å²) in [6.07, 6.45) is 0.683. The predicted octanol–water partition coefficient (Wildman–Crippen LogP) is 1.93. The molecule has 0 aromatic heterocycles. The molecule has 0 aliphatic carbocycles. The fraction of sp³-hybridized carbons (Fsp3) is 0.368. The predicted molar refractivity (Wildman–Crippen MR) is 107 cm³/mol. The number of rotatable bonds is 8. The van der Waals surface area contributed by atoms with Crippen molar-refractivity contribution in [3.8, 4) is 5.75 Å². The van der Waals surface area contributed by atoms with Gasteiger partial charge >= 0.3 is 0 Å². The first-order valence-electron chi connectivity index (χ1n) is 8.98. The number of sulfonamides is 2. The largest absolute Gasteiger partial charge is 0.493 e. The van der Waals surface area contributed by atoms with Gasteiger partial charge in [0.25, 0.3) is 0 Å². The molecular formula is C19H24N2O5S2. The van der Waals surface area contributed by atoms with Crippen LogP contribution in [-0.2, 0) is 38.8 Å². The van der Waals surface area contributed by atoms with Crippen LogP contribution in [-0.4, -0.2) is 29.5 Å². The van der Waals surface area contributed by atoms with Gasteiger partial charge in [-0.3, -0.25) is 0 Å². The summed E-state index contributed by atoms with van der Waals surface area (Å²) in [5, 5.41) is 0. The Hall–Kier alpha value is -1.94. The maximum absolute atomic E-state index is 12.7.